The number of esters is 1. The molecule has 7 nitrogen and oxygen atoms in total. The van der Waals surface area contributed by atoms with Gasteiger partial charge in [0.2, 0.25) is 6.79 Å². The predicted molar refractivity (Wildman–Crippen MR) is 100 cm³/mol. The Morgan fingerprint density at radius 2 is 2.07 bits per heavy atom. The smallest absolute Gasteiger partial charge is 0.333 e. The van der Waals surface area contributed by atoms with Gasteiger partial charge in [-0.2, -0.15) is 0 Å². The Morgan fingerprint density at radius 1 is 1.22 bits per heavy atom. The van der Waals surface area contributed by atoms with Gasteiger partial charge in [0.15, 0.2) is 17.5 Å². The van der Waals surface area contributed by atoms with Gasteiger partial charge in [-0.15, -0.1) is 0 Å². The van der Waals surface area contributed by atoms with Crippen molar-refractivity contribution in [2.45, 2.75) is 13.0 Å². The first-order chi connectivity index (χ1) is 13.2. The van der Waals surface area contributed by atoms with Crippen molar-refractivity contribution in [3.63, 3.8) is 0 Å². The van der Waals surface area contributed by atoms with Gasteiger partial charge in [0.1, 0.15) is 12.1 Å². The second kappa shape index (κ2) is 7.28. The highest BCUT2D eigenvalue weighted by molar-refractivity contribution is 6.31. The van der Waals surface area contributed by atoms with Crippen LogP contribution in [0.1, 0.15) is 18.5 Å². The molecule has 0 radical (unpaired) electrons. The number of aromatic nitrogens is 2. The molecule has 138 valence electrons. The second-order valence-corrected chi connectivity index (χ2v) is 6.26. The number of fused-ring (bicyclic) bond motifs is 2. The van der Waals surface area contributed by atoms with E-state index in [-0.39, 0.29) is 13.4 Å². The van der Waals surface area contributed by atoms with Gasteiger partial charge in [0.25, 0.3) is 0 Å². The summed E-state index contributed by atoms with van der Waals surface area (Å²) in [5.74, 6) is 1.28. The van der Waals surface area contributed by atoms with Crippen LogP contribution in [0.4, 0.5) is 5.82 Å². The second-order valence-electron chi connectivity index (χ2n) is 5.83. The lowest BCUT2D eigenvalue weighted by atomic mass is 10.1. The summed E-state index contributed by atoms with van der Waals surface area (Å²) in [6, 6.07) is 9.83. The summed E-state index contributed by atoms with van der Waals surface area (Å²) in [6.07, 6.45) is 1.43. The normalized spacial score (nSPS) is 13.4. The van der Waals surface area contributed by atoms with Crippen LogP contribution in [0.15, 0.2) is 42.7 Å². The summed E-state index contributed by atoms with van der Waals surface area (Å²) in [6.45, 7) is 2.18. The zero-order chi connectivity index (χ0) is 18.8. The molecule has 1 unspecified atom stereocenters. The molecule has 1 atom stereocenters. The molecule has 2 heterocycles. The maximum atomic E-state index is 12.6. The van der Waals surface area contributed by atoms with Crippen molar-refractivity contribution in [1.82, 2.24) is 9.97 Å². The van der Waals surface area contributed by atoms with Crippen molar-refractivity contribution in [1.29, 1.82) is 0 Å². The number of halogens is 1. The van der Waals surface area contributed by atoms with Crippen molar-refractivity contribution in [3.05, 3.63) is 53.3 Å². The Kier molecular flexibility index (Phi) is 4.68. The third-order valence-electron chi connectivity index (χ3n) is 4.13. The molecular formula is C19H16ClN3O4. The third kappa shape index (κ3) is 3.46. The van der Waals surface area contributed by atoms with Crippen molar-refractivity contribution in [3.8, 4) is 11.5 Å². The van der Waals surface area contributed by atoms with Crippen molar-refractivity contribution < 1.29 is 19.0 Å². The van der Waals surface area contributed by atoms with Crippen molar-refractivity contribution >= 4 is 34.3 Å². The Bertz CT molecular complexity index is 1010. The summed E-state index contributed by atoms with van der Waals surface area (Å²) in [5.41, 5.74) is 1.39. The van der Waals surface area contributed by atoms with E-state index < -0.39 is 12.0 Å². The molecule has 3 aromatic rings. The molecule has 1 aliphatic heterocycles. The number of benzene rings is 2. The van der Waals surface area contributed by atoms with Gasteiger partial charge in [-0.3, -0.25) is 0 Å². The number of hydrogen-bond donors (Lipinski definition) is 1. The summed E-state index contributed by atoms with van der Waals surface area (Å²) in [5, 5.41) is 4.42. The molecule has 0 amide bonds. The highest BCUT2D eigenvalue weighted by Crippen LogP contribution is 2.35. The first kappa shape index (κ1) is 17.4. The highest BCUT2D eigenvalue weighted by atomic mass is 35.5. The number of carbonyl (C=O) groups excluding carboxylic acids is 1. The molecule has 0 bridgehead atoms. The average Bonchev–Trinajstić information content (AvgIpc) is 3.14. The molecule has 0 fully saturated rings. The fraction of sp³-hybridized carbons (Fsp3) is 0.211. The largest absolute Gasteiger partial charge is 0.464 e. The molecular weight excluding hydrogens is 370 g/mol. The van der Waals surface area contributed by atoms with Crippen LogP contribution < -0.4 is 14.8 Å². The van der Waals surface area contributed by atoms with Gasteiger partial charge in [0, 0.05) is 10.4 Å². The van der Waals surface area contributed by atoms with E-state index in [2.05, 4.69) is 15.3 Å². The Hall–Kier alpha value is -3.06. The van der Waals surface area contributed by atoms with Crippen LogP contribution in [-0.2, 0) is 9.53 Å². The Morgan fingerprint density at radius 3 is 2.93 bits per heavy atom. The topological polar surface area (TPSA) is 82.6 Å². The fourth-order valence-corrected chi connectivity index (χ4v) is 3.05. The van der Waals surface area contributed by atoms with Crippen LogP contribution in [0, 0.1) is 0 Å². The van der Waals surface area contributed by atoms with Crippen LogP contribution >= 0.6 is 11.6 Å². The number of nitrogens with one attached hydrogen (secondary N) is 1. The minimum absolute atomic E-state index is 0.158. The third-order valence-corrected chi connectivity index (χ3v) is 4.37. The molecule has 4 rings (SSSR count). The van der Waals surface area contributed by atoms with Gasteiger partial charge in [-0.05, 0) is 42.8 Å². The maximum Gasteiger partial charge on any atom is 0.333 e. The van der Waals surface area contributed by atoms with E-state index in [1.807, 2.05) is 0 Å². The monoisotopic (exact) mass is 385 g/mol. The predicted octanol–water partition coefficient (Wildman–Crippen LogP) is 3.73. The Balaban J connectivity index is 1.74. The Labute approximate surface area is 160 Å². The molecule has 2 aromatic carbocycles. The van der Waals surface area contributed by atoms with Gasteiger partial charge >= 0.3 is 5.97 Å². The van der Waals surface area contributed by atoms with E-state index in [4.69, 9.17) is 25.8 Å². The summed E-state index contributed by atoms with van der Waals surface area (Å²) in [4.78, 5) is 21.1. The first-order valence-corrected chi connectivity index (χ1v) is 8.76. The van der Waals surface area contributed by atoms with Gasteiger partial charge in [-0.1, -0.05) is 17.7 Å². The number of hydrogen-bond acceptors (Lipinski definition) is 7. The number of nitrogens with zero attached hydrogens (tertiary/aromatic N) is 2. The molecule has 1 aliphatic rings. The maximum absolute atomic E-state index is 12.6. The summed E-state index contributed by atoms with van der Waals surface area (Å²) in [7, 11) is 0. The van der Waals surface area contributed by atoms with Crippen LogP contribution in [0.25, 0.3) is 10.9 Å². The highest BCUT2D eigenvalue weighted by Gasteiger charge is 2.26. The van der Waals surface area contributed by atoms with E-state index >= 15 is 0 Å². The number of carbonyl (C=O) groups is 1. The van der Waals surface area contributed by atoms with E-state index in [9.17, 15) is 4.79 Å². The van der Waals surface area contributed by atoms with Gasteiger partial charge in [0.05, 0.1) is 12.1 Å². The molecule has 0 spiro atoms. The molecule has 0 saturated heterocycles. The molecule has 1 N–H and O–H groups in total. The molecule has 27 heavy (non-hydrogen) atoms. The molecule has 1 aromatic heterocycles. The van der Waals surface area contributed by atoms with Crippen LogP contribution in [-0.4, -0.2) is 29.3 Å². The lowest BCUT2D eigenvalue weighted by molar-refractivity contribution is -0.144. The number of rotatable bonds is 5. The van der Waals surface area contributed by atoms with E-state index in [0.29, 0.717) is 38.8 Å². The lowest BCUT2D eigenvalue weighted by Gasteiger charge is -2.19. The zero-order valence-electron chi connectivity index (χ0n) is 14.4. The van der Waals surface area contributed by atoms with Crippen LogP contribution in [0.3, 0.4) is 0 Å². The summed E-state index contributed by atoms with van der Waals surface area (Å²) >= 11 is 6.12. The van der Waals surface area contributed by atoms with Crippen LogP contribution in [0.2, 0.25) is 5.02 Å². The summed E-state index contributed by atoms with van der Waals surface area (Å²) < 4.78 is 16.0. The van der Waals surface area contributed by atoms with Crippen molar-refractivity contribution in [2.24, 2.45) is 0 Å². The van der Waals surface area contributed by atoms with E-state index in [1.54, 1.807) is 43.3 Å². The molecule has 0 saturated carbocycles. The van der Waals surface area contributed by atoms with E-state index in [1.165, 1.54) is 6.33 Å². The number of anilines is 1. The van der Waals surface area contributed by atoms with Crippen molar-refractivity contribution in [2.75, 3.05) is 18.7 Å². The fourth-order valence-electron chi connectivity index (χ4n) is 2.88. The average molecular weight is 386 g/mol. The SMILES string of the molecule is CCOC(=O)C(Nc1ncnc2ccc(Cl)cc12)c1ccc2c(c1)OCO2. The molecule has 8 heteroatoms. The lowest BCUT2D eigenvalue weighted by Crippen LogP contribution is -2.24. The quantitative estimate of drug-likeness (QED) is 0.670. The van der Waals surface area contributed by atoms with E-state index in [0.717, 1.165) is 0 Å². The number of ether oxygens (including phenoxy) is 3. The molecule has 0 aliphatic carbocycles. The van der Waals surface area contributed by atoms with Gasteiger partial charge in [-0.25, -0.2) is 14.8 Å². The minimum atomic E-state index is -0.781. The van der Waals surface area contributed by atoms with Crippen LogP contribution in [0.5, 0.6) is 11.5 Å². The van der Waals surface area contributed by atoms with Gasteiger partial charge < -0.3 is 19.5 Å². The minimum Gasteiger partial charge on any atom is -0.464 e. The first-order valence-electron chi connectivity index (χ1n) is 8.38. The standard InChI is InChI=1S/C19H16ClN3O4/c1-2-25-19(24)17(11-3-6-15-16(7-11)27-10-26-15)23-18-13-8-12(20)4-5-14(13)21-9-22-18/h3-9,17H,2,10H2,1H3,(H,21,22,23). The zero-order valence-corrected chi connectivity index (χ0v) is 15.2.